The van der Waals surface area contributed by atoms with Gasteiger partial charge in [-0.1, -0.05) is 42.5 Å². The fraction of sp³-hybridized carbons (Fsp3) is 0.458. The first kappa shape index (κ1) is 22.2. The maximum Gasteiger partial charge on any atom is 0.191 e. The normalized spacial score (nSPS) is 17.0. The zero-order valence-electron chi connectivity index (χ0n) is 17.9. The second-order valence-electron chi connectivity index (χ2n) is 7.88. The Morgan fingerprint density at radius 1 is 1.17 bits per heavy atom. The summed E-state index contributed by atoms with van der Waals surface area (Å²) < 4.78 is 13.9. The van der Waals surface area contributed by atoms with Gasteiger partial charge in [0.2, 0.25) is 0 Å². The van der Waals surface area contributed by atoms with Crippen LogP contribution >= 0.6 is 0 Å². The standard InChI is InChI=1S/C24H33FN4O/c1-3-26-24(27-16-23(30)21-10-6-7-11-22(21)25)28-20-12-14-29(15-13-20)17-19-9-5-4-8-18(19)2/h4-11,20,23,30H,3,12-17H2,1-2H3,(H2,26,27,28). The summed E-state index contributed by atoms with van der Waals surface area (Å²) >= 11 is 0. The zero-order valence-corrected chi connectivity index (χ0v) is 17.9. The van der Waals surface area contributed by atoms with Crippen LogP contribution < -0.4 is 10.6 Å². The van der Waals surface area contributed by atoms with Crippen LogP contribution in [0.1, 0.15) is 42.6 Å². The van der Waals surface area contributed by atoms with Gasteiger partial charge in [-0.05, 0) is 43.9 Å². The van der Waals surface area contributed by atoms with Gasteiger partial charge >= 0.3 is 0 Å². The lowest BCUT2D eigenvalue weighted by Gasteiger charge is -2.33. The van der Waals surface area contributed by atoms with Crippen LogP contribution in [0.3, 0.4) is 0 Å². The van der Waals surface area contributed by atoms with E-state index in [1.165, 1.54) is 17.2 Å². The Kier molecular flexibility index (Phi) is 8.22. The van der Waals surface area contributed by atoms with E-state index in [9.17, 15) is 9.50 Å². The summed E-state index contributed by atoms with van der Waals surface area (Å²) in [6, 6.07) is 15.2. The van der Waals surface area contributed by atoms with Crippen LogP contribution in [-0.4, -0.2) is 48.2 Å². The quantitative estimate of drug-likeness (QED) is 0.482. The average Bonchev–Trinajstić information content (AvgIpc) is 2.75. The van der Waals surface area contributed by atoms with Crippen molar-refractivity contribution in [2.24, 2.45) is 4.99 Å². The molecule has 1 aliphatic rings. The Bertz CT molecular complexity index is 833. The number of aliphatic hydroxyl groups is 1. The number of guanidine groups is 1. The number of likely N-dealkylation sites (tertiary alicyclic amines) is 1. The van der Waals surface area contributed by atoms with Gasteiger partial charge in [0.05, 0.1) is 6.54 Å². The van der Waals surface area contributed by atoms with Crippen molar-refractivity contribution in [3.05, 3.63) is 71.0 Å². The summed E-state index contributed by atoms with van der Waals surface area (Å²) in [5.74, 6) is 0.268. The van der Waals surface area contributed by atoms with Crippen LogP contribution in [0.15, 0.2) is 53.5 Å². The number of nitrogens with one attached hydrogen (secondary N) is 2. The van der Waals surface area contributed by atoms with Gasteiger partial charge in [-0.2, -0.15) is 0 Å². The highest BCUT2D eigenvalue weighted by Gasteiger charge is 2.20. The summed E-state index contributed by atoms with van der Waals surface area (Å²) in [6.45, 7) is 8.07. The number of aryl methyl sites for hydroxylation is 1. The van der Waals surface area contributed by atoms with E-state index >= 15 is 0 Å². The lowest BCUT2D eigenvalue weighted by atomic mass is 10.0. The molecule has 6 heteroatoms. The third-order valence-corrected chi connectivity index (χ3v) is 5.61. The topological polar surface area (TPSA) is 59.9 Å². The van der Waals surface area contributed by atoms with Crippen molar-refractivity contribution >= 4 is 5.96 Å². The number of hydrogen-bond donors (Lipinski definition) is 3. The molecule has 0 spiro atoms. The van der Waals surface area contributed by atoms with Crippen LogP contribution in [0.4, 0.5) is 4.39 Å². The van der Waals surface area contributed by atoms with Gasteiger partial charge in [0.15, 0.2) is 5.96 Å². The van der Waals surface area contributed by atoms with Crippen molar-refractivity contribution in [1.82, 2.24) is 15.5 Å². The highest BCUT2D eigenvalue weighted by molar-refractivity contribution is 5.80. The molecule has 0 bridgehead atoms. The SMILES string of the molecule is CCNC(=NCC(O)c1ccccc1F)NC1CCN(Cc2ccccc2C)CC1. The largest absolute Gasteiger partial charge is 0.386 e. The molecular formula is C24H33FN4O. The van der Waals surface area contributed by atoms with E-state index in [4.69, 9.17) is 0 Å². The molecule has 2 aromatic rings. The highest BCUT2D eigenvalue weighted by Crippen LogP contribution is 2.18. The Balaban J connectivity index is 1.51. The van der Waals surface area contributed by atoms with Gasteiger partial charge in [-0.15, -0.1) is 0 Å². The monoisotopic (exact) mass is 412 g/mol. The molecule has 0 saturated carbocycles. The first-order valence-electron chi connectivity index (χ1n) is 10.8. The fourth-order valence-electron chi connectivity index (χ4n) is 3.80. The number of halogens is 1. The minimum atomic E-state index is -0.961. The van der Waals surface area contributed by atoms with Crippen molar-refractivity contribution < 1.29 is 9.50 Å². The third kappa shape index (κ3) is 6.28. The highest BCUT2D eigenvalue weighted by atomic mass is 19.1. The number of piperidine rings is 1. The van der Waals surface area contributed by atoms with E-state index in [-0.39, 0.29) is 12.1 Å². The summed E-state index contributed by atoms with van der Waals surface area (Å²) in [4.78, 5) is 6.98. The Morgan fingerprint density at radius 3 is 2.57 bits per heavy atom. The Morgan fingerprint density at radius 2 is 1.87 bits per heavy atom. The Hall–Kier alpha value is -2.44. The lowest BCUT2D eigenvalue weighted by molar-refractivity contribution is 0.181. The maximum atomic E-state index is 13.9. The van der Waals surface area contributed by atoms with E-state index in [1.807, 2.05) is 6.92 Å². The molecule has 5 nitrogen and oxygen atoms in total. The average molecular weight is 413 g/mol. The zero-order chi connectivity index (χ0) is 21.3. The van der Waals surface area contributed by atoms with Gasteiger partial charge in [0, 0.05) is 37.8 Å². The van der Waals surface area contributed by atoms with Crippen molar-refractivity contribution in [3.8, 4) is 0 Å². The van der Waals surface area contributed by atoms with Crippen molar-refractivity contribution in [1.29, 1.82) is 0 Å². The molecule has 1 heterocycles. The van der Waals surface area contributed by atoms with Gasteiger partial charge in [0.1, 0.15) is 11.9 Å². The molecule has 30 heavy (non-hydrogen) atoms. The van der Waals surface area contributed by atoms with Crippen molar-refractivity contribution in [2.75, 3.05) is 26.2 Å². The maximum absolute atomic E-state index is 13.9. The van der Waals surface area contributed by atoms with Crippen molar-refractivity contribution in [2.45, 2.75) is 45.4 Å². The first-order valence-corrected chi connectivity index (χ1v) is 10.8. The van der Waals surface area contributed by atoms with Crippen molar-refractivity contribution in [3.63, 3.8) is 0 Å². The molecule has 1 aliphatic heterocycles. The second kappa shape index (κ2) is 11.1. The molecule has 1 unspecified atom stereocenters. The van der Waals surface area contributed by atoms with Crippen LogP contribution in [0, 0.1) is 12.7 Å². The lowest BCUT2D eigenvalue weighted by Crippen LogP contribution is -2.48. The molecule has 3 N–H and O–H groups in total. The van der Waals surface area contributed by atoms with E-state index in [1.54, 1.807) is 18.2 Å². The predicted octanol–water partition coefficient (Wildman–Crippen LogP) is 3.39. The van der Waals surface area contributed by atoms with Crippen LogP contribution in [0.25, 0.3) is 0 Å². The minimum absolute atomic E-state index is 0.113. The van der Waals surface area contributed by atoms with Crippen LogP contribution in [0.2, 0.25) is 0 Å². The number of benzene rings is 2. The molecule has 3 rings (SSSR count). The first-order chi connectivity index (χ1) is 14.6. The van der Waals surface area contributed by atoms with E-state index in [2.05, 4.69) is 51.7 Å². The smallest absolute Gasteiger partial charge is 0.191 e. The molecule has 0 aromatic heterocycles. The molecule has 1 fully saturated rings. The summed E-state index contributed by atoms with van der Waals surface area (Å²) in [5.41, 5.74) is 3.01. The number of nitrogens with zero attached hydrogens (tertiary/aromatic N) is 2. The molecule has 0 amide bonds. The molecule has 1 atom stereocenters. The second-order valence-corrected chi connectivity index (χ2v) is 7.88. The van der Waals surface area contributed by atoms with Crippen LogP contribution in [-0.2, 0) is 6.54 Å². The molecule has 162 valence electrons. The van der Waals surface area contributed by atoms with E-state index in [0.29, 0.717) is 12.0 Å². The Labute approximate surface area is 179 Å². The van der Waals surface area contributed by atoms with Crippen LogP contribution in [0.5, 0.6) is 0 Å². The number of aliphatic imine (C=N–C) groups is 1. The number of rotatable bonds is 7. The van der Waals surface area contributed by atoms with E-state index in [0.717, 1.165) is 39.0 Å². The summed E-state index contributed by atoms with van der Waals surface area (Å²) in [6.07, 6.45) is 1.11. The molecule has 0 aliphatic carbocycles. The molecular weight excluding hydrogens is 379 g/mol. The summed E-state index contributed by atoms with van der Waals surface area (Å²) in [7, 11) is 0. The molecule has 2 aromatic carbocycles. The van der Waals surface area contributed by atoms with Gasteiger partial charge in [-0.25, -0.2) is 4.39 Å². The van der Waals surface area contributed by atoms with Gasteiger partial charge in [0.25, 0.3) is 0 Å². The number of hydrogen-bond acceptors (Lipinski definition) is 3. The molecule has 0 radical (unpaired) electrons. The predicted molar refractivity (Wildman–Crippen MR) is 120 cm³/mol. The van der Waals surface area contributed by atoms with Gasteiger partial charge < -0.3 is 15.7 Å². The minimum Gasteiger partial charge on any atom is -0.386 e. The fourth-order valence-corrected chi connectivity index (χ4v) is 3.80. The summed E-state index contributed by atoms with van der Waals surface area (Å²) in [5, 5.41) is 17.0. The van der Waals surface area contributed by atoms with E-state index < -0.39 is 11.9 Å². The van der Waals surface area contributed by atoms with Gasteiger partial charge in [-0.3, -0.25) is 9.89 Å². The number of aliphatic hydroxyl groups excluding tert-OH is 1. The third-order valence-electron chi connectivity index (χ3n) is 5.61. The molecule has 1 saturated heterocycles.